The summed E-state index contributed by atoms with van der Waals surface area (Å²) in [7, 11) is 0. The summed E-state index contributed by atoms with van der Waals surface area (Å²) in [4.78, 5) is 23.2. The van der Waals surface area contributed by atoms with Crippen LogP contribution in [0.5, 0.6) is 0 Å². The zero-order chi connectivity index (χ0) is 17.8. The van der Waals surface area contributed by atoms with Crippen LogP contribution in [0, 0.1) is 0 Å². The zero-order valence-electron chi connectivity index (χ0n) is 14.4. The summed E-state index contributed by atoms with van der Waals surface area (Å²) in [5.74, 6) is -0.201. The molecule has 3 aromatic rings. The summed E-state index contributed by atoms with van der Waals surface area (Å²) in [6.45, 7) is 2.72. The number of hydrogen-bond acceptors (Lipinski definition) is 4. The Morgan fingerprint density at radius 1 is 1.08 bits per heavy atom. The zero-order valence-corrected chi connectivity index (χ0v) is 14.4. The average molecular weight is 344 g/mol. The number of nitrogens with zero attached hydrogens (tertiary/aromatic N) is 3. The SMILES string of the molecule is O=C(Nc1cncc2c1CCN(Cc1ccccc1)C2)c1ccccn1. The first-order valence-corrected chi connectivity index (χ1v) is 8.74. The van der Waals surface area contributed by atoms with E-state index in [9.17, 15) is 4.79 Å². The van der Waals surface area contributed by atoms with Crippen LogP contribution in [0.25, 0.3) is 0 Å². The number of pyridine rings is 2. The Morgan fingerprint density at radius 2 is 1.92 bits per heavy atom. The third kappa shape index (κ3) is 3.63. The number of hydrogen-bond donors (Lipinski definition) is 1. The number of amides is 1. The Morgan fingerprint density at radius 3 is 2.73 bits per heavy atom. The highest BCUT2D eigenvalue weighted by Crippen LogP contribution is 2.26. The van der Waals surface area contributed by atoms with Crippen LogP contribution < -0.4 is 5.32 Å². The maximum absolute atomic E-state index is 12.4. The summed E-state index contributed by atoms with van der Waals surface area (Å²) in [6.07, 6.45) is 6.15. The van der Waals surface area contributed by atoms with Crippen molar-refractivity contribution in [2.75, 3.05) is 11.9 Å². The van der Waals surface area contributed by atoms with Gasteiger partial charge >= 0.3 is 0 Å². The molecule has 0 spiro atoms. The summed E-state index contributed by atoms with van der Waals surface area (Å²) in [5, 5.41) is 2.97. The van der Waals surface area contributed by atoms with Crippen LogP contribution >= 0.6 is 0 Å². The Labute approximate surface area is 152 Å². The van der Waals surface area contributed by atoms with E-state index in [1.807, 2.05) is 18.3 Å². The van der Waals surface area contributed by atoms with Gasteiger partial charge in [-0.1, -0.05) is 36.4 Å². The van der Waals surface area contributed by atoms with Gasteiger partial charge in [-0.3, -0.25) is 19.7 Å². The molecule has 26 heavy (non-hydrogen) atoms. The molecule has 0 saturated carbocycles. The van der Waals surface area contributed by atoms with E-state index in [1.54, 1.807) is 24.5 Å². The van der Waals surface area contributed by atoms with E-state index in [0.717, 1.165) is 31.7 Å². The minimum atomic E-state index is -0.201. The molecule has 4 rings (SSSR count). The molecule has 5 heteroatoms. The van der Waals surface area contributed by atoms with Gasteiger partial charge in [-0.25, -0.2) is 0 Å². The number of nitrogens with one attached hydrogen (secondary N) is 1. The molecule has 130 valence electrons. The van der Waals surface area contributed by atoms with E-state index in [2.05, 4.69) is 44.5 Å². The molecule has 5 nitrogen and oxygen atoms in total. The normalized spacial score (nSPS) is 13.8. The molecule has 1 aromatic carbocycles. The van der Waals surface area contributed by atoms with Gasteiger partial charge in [-0.05, 0) is 35.2 Å². The van der Waals surface area contributed by atoms with E-state index in [0.29, 0.717) is 5.69 Å². The summed E-state index contributed by atoms with van der Waals surface area (Å²) in [5.41, 5.74) is 4.85. The lowest BCUT2D eigenvalue weighted by Gasteiger charge is -2.29. The van der Waals surface area contributed by atoms with Gasteiger partial charge in [0.2, 0.25) is 0 Å². The molecule has 1 amide bonds. The monoisotopic (exact) mass is 344 g/mol. The van der Waals surface area contributed by atoms with Crippen LogP contribution in [-0.2, 0) is 19.5 Å². The maximum atomic E-state index is 12.4. The molecule has 0 fully saturated rings. The summed E-state index contributed by atoms with van der Waals surface area (Å²) < 4.78 is 0. The highest BCUT2D eigenvalue weighted by Gasteiger charge is 2.20. The third-order valence-electron chi connectivity index (χ3n) is 4.61. The van der Waals surface area contributed by atoms with Gasteiger partial charge in [-0.2, -0.15) is 0 Å². The average Bonchev–Trinajstić information content (AvgIpc) is 2.69. The minimum absolute atomic E-state index is 0.201. The number of aromatic nitrogens is 2. The van der Waals surface area contributed by atoms with Crippen molar-refractivity contribution in [2.45, 2.75) is 19.5 Å². The van der Waals surface area contributed by atoms with Crippen LogP contribution in [0.3, 0.4) is 0 Å². The van der Waals surface area contributed by atoms with E-state index in [4.69, 9.17) is 0 Å². The molecule has 1 N–H and O–H groups in total. The molecule has 0 aliphatic carbocycles. The number of benzene rings is 1. The molecule has 0 radical (unpaired) electrons. The topological polar surface area (TPSA) is 58.1 Å². The molecular formula is C21H20N4O. The highest BCUT2D eigenvalue weighted by atomic mass is 16.1. The largest absolute Gasteiger partial charge is 0.319 e. The van der Waals surface area contributed by atoms with Gasteiger partial charge < -0.3 is 5.32 Å². The smallest absolute Gasteiger partial charge is 0.274 e. The second-order valence-electron chi connectivity index (χ2n) is 6.44. The van der Waals surface area contributed by atoms with Crippen LogP contribution in [0.15, 0.2) is 67.1 Å². The van der Waals surface area contributed by atoms with E-state index in [-0.39, 0.29) is 5.91 Å². The molecule has 0 unspecified atom stereocenters. The fourth-order valence-corrected chi connectivity index (χ4v) is 3.32. The van der Waals surface area contributed by atoms with E-state index in [1.165, 1.54) is 16.7 Å². The predicted molar refractivity (Wildman–Crippen MR) is 101 cm³/mol. The van der Waals surface area contributed by atoms with Crippen LogP contribution in [0.1, 0.15) is 27.2 Å². The Kier molecular flexibility index (Phi) is 4.71. The third-order valence-corrected chi connectivity index (χ3v) is 4.61. The van der Waals surface area contributed by atoms with Gasteiger partial charge in [0.15, 0.2) is 0 Å². The molecule has 1 aliphatic rings. The maximum Gasteiger partial charge on any atom is 0.274 e. The highest BCUT2D eigenvalue weighted by molar-refractivity contribution is 6.03. The van der Waals surface area contributed by atoms with Crippen LogP contribution in [0.2, 0.25) is 0 Å². The predicted octanol–water partition coefficient (Wildman–Crippen LogP) is 3.29. The van der Waals surface area contributed by atoms with Crippen LogP contribution in [-0.4, -0.2) is 27.3 Å². The Hall–Kier alpha value is -3.05. The van der Waals surface area contributed by atoms with Crippen molar-refractivity contribution in [3.05, 3.63) is 89.5 Å². The Bertz CT molecular complexity index is 896. The lowest BCUT2D eigenvalue weighted by molar-refractivity contribution is 0.102. The quantitative estimate of drug-likeness (QED) is 0.789. The first-order valence-electron chi connectivity index (χ1n) is 8.74. The molecule has 3 heterocycles. The number of fused-ring (bicyclic) bond motifs is 1. The van der Waals surface area contributed by atoms with Crippen molar-refractivity contribution in [1.82, 2.24) is 14.9 Å². The molecule has 0 atom stereocenters. The number of carbonyl (C=O) groups excluding carboxylic acids is 1. The van der Waals surface area contributed by atoms with Crippen molar-refractivity contribution in [1.29, 1.82) is 0 Å². The second kappa shape index (κ2) is 7.45. The number of rotatable bonds is 4. The van der Waals surface area contributed by atoms with Crippen molar-refractivity contribution in [2.24, 2.45) is 0 Å². The van der Waals surface area contributed by atoms with Gasteiger partial charge in [0, 0.05) is 32.0 Å². The minimum Gasteiger partial charge on any atom is -0.319 e. The molecule has 2 aromatic heterocycles. The van der Waals surface area contributed by atoms with Gasteiger partial charge in [0.25, 0.3) is 5.91 Å². The lowest BCUT2D eigenvalue weighted by Crippen LogP contribution is -2.31. The molecule has 1 aliphatic heterocycles. The molecular weight excluding hydrogens is 324 g/mol. The standard InChI is InChI=1S/C21H20N4O/c26-21(19-8-4-5-10-23-19)24-20-13-22-12-17-15-25(11-9-18(17)20)14-16-6-2-1-3-7-16/h1-8,10,12-13H,9,11,14-15H2,(H,24,26). The number of carbonyl (C=O) groups is 1. The molecule has 0 bridgehead atoms. The van der Waals surface area contributed by atoms with Crippen LogP contribution in [0.4, 0.5) is 5.69 Å². The van der Waals surface area contributed by atoms with Crippen molar-refractivity contribution in [3.8, 4) is 0 Å². The first-order chi connectivity index (χ1) is 12.8. The van der Waals surface area contributed by atoms with Gasteiger partial charge in [0.1, 0.15) is 5.69 Å². The fourth-order valence-electron chi connectivity index (χ4n) is 3.32. The molecule has 0 saturated heterocycles. The number of anilines is 1. The van der Waals surface area contributed by atoms with E-state index < -0.39 is 0 Å². The van der Waals surface area contributed by atoms with Crippen molar-refractivity contribution >= 4 is 11.6 Å². The van der Waals surface area contributed by atoms with Gasteiger partial charge in [0.05, 0.1) is 11.9 Å². The lowest BCUT2D eigenvalue weighted by atomic mass is 9.99. The fraction of sp³-hybridized carbons (Fsp3) is 0.190. The summed E-state index contributed by atoms with van der Waals surface area (Å²) in [6, 6.07) is 15.8. The van der Waals surface area contributed by atoms with Gasteiger partial charge in [-0.15, -0.1) is 0 Å². The Balaban J connectivity index is 1.49. The first kappa shape index (κ1) is 16.4. The van der Waals surface area contributed by atoms with E-state index >= 15 is 0 Å². The second-order valence-corrected chi connectivity index (χ2v) is 6.44. The summed E-state index contributed by atoms with van der Waals surface area (Å²) >= 11 is 0. The van der Waals surface area contributed by atoms with Crippen molar-refractivity contribution < 1.29 is 4.79 Å². The van der Waals surface area contributed by atoms with Crippen molar-refractivity contribution in [3.63, 3.8) is 0 Å².